The van der Waals surface area contributed by atoms with Gasteiger partial charge in [0, 0.05) is 17.3 Å². The molecule has 1 saturated heterocycles. The van der Waals surface area contributed by atoms with Crippen molar-refractivity contribution in [2.75, 3.05) is 17.3 Å². The summed E-state index contributed by atoms with van der Waals surface area (Å²) in [7, 11) is 1.57. The summed E-state index contributed by atoms with van der Waals surface area (Å²) < 4.78 is 5.19. The predicted octanol–water partition coefficient (Wildman–Crippen LogP) is 4.71. The topological polar surface area (TPSA) is 79.0 Å². The zero-order valence-corrected chi connectivity index (χ0v) is 18.7. The molecule has 0 radical (unpaired) electrons. The van der Waals surface area contributed by atoms with Crippen molar-refractivity contribution in [2.45, 2.75) is 19.0 Å². The molecule has 1 aliphatic heterocycles. The molecule has 1 fully saturated rings. The van der Waals surface area contributed by atoms with Crippen molar-refractivity contribution < 1.29 is 19.1 Å². The van der Waals surface area contributed by atoms with E-state index in [1.54, 1.807) is 73.8 Å². The van der Waals surface area contributed by atoms with Crippen LogP contribution in [0, 0.1) is 0 Å². The second-order valence-electron chi connectivity index (χ2n) is 7.54. The van der Waals surface area contributed by atoms with Crippen molar-refractivity contribution in [3.63, 3.8) is 0 Å². The van der Waals surface area contributed by atoms with E-state index in [0.29, 0.717) is 22.1 Å². The maximum Gasteiger partial charge on any atom is 0.332 e. The van der Waals surface area contributed by atoms with Crippen LogP contribution in [0.3, 0.4) is 0 Å². The van der Waals surface area contributed by atoms with Gasteiger partial charge in [0.15, 0.2) is 0 Å². The third kappa shape index (κ3) is 4.99. The fourth-order valence-electron chi connectivity index (χ4n) is 3.68. The molecule has 1 N–H and O–H groups in total. The molecule has 168 valence electrons. The summed E-state index contributed by atoms with van der Waals surface area (Å²) in [4.78, 5) is 41.9. The molecule has 1 aliphatic rings. The van der Waals surface area contributed by atoms with E-state index < -0.39 is 18.0 Å². The number of urea groups is 1. The van der Waals surface area contributed by atoms with Gasteiger partial charge in [-0.2, -0.15) is 0 Å². The normalized spacial score (nSPS) is 15.6. The van der Waals surface area contributed by atoms with Gasteiger partial charge in [-0.15, -0.1) is 0 Å². The van der Waals surface area contributed by atoms with E-state index in [1.807, 2.05) is 12.1 Å². The highest BCUT2D eigenvalue weighted by molar-refractivity contribution is 6.30. The van der Waals surface area contributed by atoms with Gasteiger partial charge in [0.1, 0.15) is 11.8 Å². The molecule has 0 aromatic heterocycles. The summed E-state index contributed by atoms with van der Waals surface area (Å²) >= 11 is 5.90. The Morgan fingerprint density at radius 1 is 0.970 bits per heavy atom. The van der Waals surface area contributed by atoms with E-state index in [4.69, 9.17) is 16.3 Å². The fraction of sp³-hybridized carbons (Fsp3) is 0.160. The molecular formula is C25H22ClN3O4. The lowest BCUT2D eigenvalue weighted by Crippen LogP contribution is -2.37. The van der Waals surface area contributed by atoms with Crippen LogP contribution < -0.4 is 15.0 Å². The van der Waals surface area contributed by atoms with E-state index in [-0.39, 0.29) is 18.9 Å². The van der Waals surface area contributed by atoms with Crippen molar-refractivity contribution in [3.8, 4) is 5.75 Å². The number of amides is 4. The monoisotopic (exact) mass is 463 g/mol. The van der Waals surface area contributed by atoms with Crippen LogP contribution in [0.1, 0.15) is 12.0 Å². The number of benzene rings is 3. The average Bonchev–Trinajstić information content (AvgIpc) is 3.05. The molecule has 3 aromatic carbocycles. The van der Waals surface area contributed by atoms with Crippen LogP contribution in [0.15, 0.2) is 78.9 Å². The predicted molar refractivity (Wildman–Crippen MR) is 126 cm³/mol. The van der Waals surface area contributed by atoms with Crippen LogP contribution in [-0.2, 0) is 16.1 Å². The number of imide groups is 1. The first-order valence-corrected chi connectivity index (χ1v) is 10.7. The Bertz CT molecular complexity index is 1150. The van der Waals surface area contributed by atoms with Crippen LogP contribution in [0.25, 0.3) is 0 Å². The Kier molecular flexibility index (Phi) is 6.60. The number of nitrogens with zero attached hydrogens (tertiary/aromatic N) is 2. The highest BCUT2D eigenvalue weighted by Gasteiger charge is 2.46. The molecule has 8 heteroatoms. The highest BCUT2D eigenvalue weighted by Crippen LogP contribution is 2.29. The Balaban J connectivity index is 1.58. The first-order valence-electron chi connectivity index (χ1n) is 10.3. The van der Waals surface area contributed by atoms with E-state index in [0.717, 1.165) is 10.5 Å². The molecule has 0 spiro atoms. The van der Waals surface area contributed by atoms with Gasteiger partial charge in [0.25, 0.3) is 5.91 Å². The maximum atomic E-state index is 13.3. The van der Waals surface area contributed by atoms with E-state index in [9.17, 15) is 14.4 Å². The Hall–Kier alpha value is -3.84. The largest absolute Gasteiger partial charge is 0.497 e. The Labute approximate surface area is 196 Å². The van der Waals surface area contributed by atoms with Gasteiger partial charge in [-0.25, -0.2) is 9.69 Å². The number of carbonyl (C=O) groups excluding carboxylic acids is 3. The minimum Gasteiger partial charge on any atom is -0.497 e. The van der Waals surface area contributed by atoms with Gasteiger partial charge in [-0.1, -0.05) is 41.9 Å². The van der Waals surface area contributed by atoms with Crippen molar-refractivity contribution in [2.24, 2.45) is 0 Å². The number of ether oxygens (including phenoxy) is 1. The summed E-state index contributed by atoms with van der Waals surface area (Å²) in [5.41, 5.74) is 1.84. The SMILES string of the molecule is COc1ccc(CN2C(=O)N(c3ccccc3)C(=O)[C@@H]2CC(=O)Nc2ccc(Cl)cc2)cc1. The average molecular weight is 464 g/mol. The number of rotatable bonds is 7. The second kappa shape index (κ2) is 9.75. The molecule has 7 nitrogen and oxygen atoms in total. The standard InChI is InChI=1S/C25H22ClN3O4/c1-33-21-13-7-17(8-14-21)16-28-22(15-23(30)27-19-11-9-18(26)10-12-19)24(31)29(25(28)32)20-5-3-2-4-6-20/h2-14,22H,15-16H2,1H3,(H,27,30)/t22-/m0/s1. The number of halogens is 1. The van der Waals surface area contributed by atoms with Gasteiger partial charge in [0.05, 0.1) is 19.2 Å². The Morgan fingerprint density at radius 2 is 1.64 bits per heavy atom. The first-order chi connectivity index (χ1) is 16.0. The molecule has 1 heterocycles. The van der Waals surface area contributed by atoms with E-state index >= 15 is 0 Å². The molecule has 0 aliphatic carbocycles. The van der Waals surface area contributed by atoms with Crippen molar-refractivity contribution in [1.82, 2.24) is 4.90 Å². The number of methoxy groups -OCH3 is 1. The molecule has 1 atom stereocenters. The van der Waals surface area contributed by atoms with Crippen molar-refractivity contribution in [1.29, 1.82) is 0 Å². The minimum absolute atomic E-state index is 0.174. The van der Waals surface area contributed by atoms with Crippen LogP contribution in [0.4, 0.5) is 16.2 Å². The fourth-order valence-corrected chi connectivity index (χ4v) is 3.80. The molecule has 3 aromatic rings. The van der Waals surface area contributed by atoms with Gasteiger partial charge < -0.3 is 15.0 Å². The zero-order valence-electron chi connectivity index (χ0n) is 17.9. The quantitative estimate of drug-likeness (QED) is 0.514. The highest BCUT2D eigenvalue weighted by atomic mass is 35.5. The summed E-state index contributed by atoms with van der Waals surface area (Å²) in [5.74, 6) is -0.128. The first kappa shape index (κ1) is 22.4. The lowest BCUT2D eigenvalue weighted by Gasteiger charge is -2.22. The lowest BCUT2D eigenvalue weighted by atomic mass is 10.1. The molecule has 0 saturated carbocycles. The third-order valence-electron chi connectivity index (χ3n) is 5.35. The van der Waals surface area contributed by atoms with Crippen LogP contribution in [0.5, 0.6) is 5.75 Å². The summed E-state index contributed by atoms with van der Waals surface area (Å²) in [6, 6.07) is 21.2. The molecule has 0 bridgehead atoms. The third-order valence-corrected chi connectivity index (χ3v) is 5.60. The van der Waals surface area contributed by atoms with Crippen LogP contribution >= 0.6 is 11.6 Å². The number of carbonyl (C=O) groups is 3. The number of nitrogens with one attached hydrogen (secondary N) is 1. The summed E-state index contributed by atoms with van der Waals surface area (Å²) in [6.07, 6.45) is -0.174. The molecule has 33 heavy (non-hydrogen) atoms. The zero-order chi connectivity index (χ0) is 23.4. The van der Waals surface area contributed by atoms with Crippen molar-refractivity contribution >= 4 is 40.8 Å². The number of anilines is 2. The van der Waals surface area contributed by atoms with E-state index in [1.165, 1.54) is 4.90 Å². The summed E-state index contributed by atoms with van der Waals surface area (Å²) in [5, 5.41) is 3.31. The van der Waals surface area contributed by atoms with Crippen molar-refractivity contribution in [3.05, 3.63) is 89.4 Å². The molecule has 4 rings (SSSR count). The van der Waals surface area contributed by atoms with Gasteiger partial charge in [-0.3, -0.25) is 9.59 Å². The number of para-hydroxylation sites is 1. The van der Waals surface area contributed by atoms with Gasteiger partial charge in [-0.05, 0) is 54.1 Å². The van der Waals surface area contributed by atoms with Crippen LogP contribution in [0.2, 0.25) is 5.02 Å². The smallest absolute Gasteiger partial charge is 0.332 e. The Morgan fingerprint density at radius 3 is 2.27 bits per heavy atom. The second-order valence-corrected chi connectivity index (χ2v) is 7.98. The van der Waals surface area contributed by atoms with Crippen LogP contribution in [-0.4, -0.2) is 35.9 Å². The molecule has 4 amide bonds. The number of hydrogen-bond donors (Lipinski definition) is 1. The van der Waals surface area contributed by atoms with Gasteiger partial charge in [0.2, 0.25) is 5.91 Å². The summed E-state index contributed by atoms with van der Waals surface area (Å²) in [6.45, 7) is 0.177. The lowest BCUT2D eigenvalue weighted by molar-refractivity contribution is -0.124. The van der Waals surface area contributed by atoms with E-state index in [2.05, 4.69) is 5.32 Å². The maximum absolute atomic E-state index is 13.3. The minimum atomic E-state index is -0.938. The van der Waals surface area contributed by atoms with Gasteiger partial charge >= 0.3 is 6.03 Å². The molecule has 0 unspecified atom stereocenters. The number of hydrogen-bond acceptors (Lipinski definition) is 4. The molecular weight excluding hydrogens is 442 g/mol.